The summed E-state index contributed by atoms with van der Waals surface area (Å²) in [6.07, 6.45) is 0. The van der Waals surface area contributed by atoms with Gasteiger partial charge in [0, 0.05) is 6.92 Å². The molecule has 7 heteroatoms. The first kappa shape index (κ1) is 13.2. The zero-order valence-corrected chi connectivity index (χ0v) is 11.2. The van der Waals surface area contributed by atoms with Crippen molar-refractivity contribution in [2.24, 2.45) is 0 Å². The molecule has 1 N–H and O–H groups in total. The van der Waals surface area contributed by atoms with Crippen LogP contribution in [0, 0.1) is 6.92 Å². The Hall–Kier alpha value is -0.880. The fourth-order valence-electron chi connectivity index (χ4n) is 0.961. The van der Waals surface area contributed by atoms with E-state index < -0.39 is 0 Å². The van der Waals surface area contributed by atoms with E-state index in [9.17, 15) is 4.79 Å². The number of rotatable bonds is 4. The standard InChI is InChI=1S/C9H11BrClN3O2/c1-5-7(10)8(11)14-9(13-5)12-3-4-16-6(2)15/h3-4H2,1-2H3,(H,12,13,14). The molecule has 0 aromatic carbocycles. The van der Waals surface area contributed by atoms with Gasteiger partial charge in [-0.1, -0.05) is 11.6 Å². The molecule has 0 fully saturated rings. The Labute approximate surface area is 107 Å². The third-order valence-corrected chi connectivity index (χ3v) is 3.12. The third-order valence-electron chi connectivity index (χ3n) is 1.67. The maximum absolute atomic E-state index is 10.5. The van der Waals surface area contributed by atoms with E-state index in [-0.39, 0.29) is 12.6 Å². The Morgan fingerprint density at radius 3 is 2.81 bits per heavy atom. The Morgan fingerprint density at radius 1 is 1.56 bits per heavy atom. The van der Waals surface area contributed by atoms with Crippen molar-refractivity contribution in [2.75, 3.05) is 18.5 Å². The predicted molar refractivity (Wildman–Crippen MR) is 64.6 cm³/mol. The minimum absolute atomic E-state index is 0.269. The molecule has 0 radical (unpaired) electrons. The molecule has 0 saturated heterocycles. The van der Waals surface area contributed by atoms with Crippen LogP contribution in [0.3, 0.4) is 0 Å². The lowest BCUT2D eigenvalue weighted by Crippen LogP contribution is -2.13. The van der Waals surface area contributed by atoms with Crippen molar-refractivity contribution < 1.29 is 9.53 Å². The summed E-state index contributed by atoms with van der Waals surface area (Å²) in [6.45, 7) is 3.88. The lowest BCUT2D eigenvalue weighted by Gasteiger charge is -2.07. The van der Waals surface area contributed by atoms with Gasteiger partial charge in [0.15, 0.2) is 0 Å². The average molecular weight is 309 g/mol. The van der Waals surface area contributed by atoms with E-state index in [1.807, 2.05) is 6.92 Å². The number of anilines is 1. The topological polar surface area (TPSA) is 64.1 Å². The molecule has 0 unspecified atom stereocenters. The van der Waals surface area contributed by atoms with E-state index in [2.05, 4.69) is 31.2 Å². The highest BCUT2D eigenvalue weighted by Crippen LogP contribution is 2.23. The largest absolute Gasteiger partial charge is 0.464 e. The van der Waals surface area contributed by atoms with E-state index in [1.54, 1.807) is 0 Å². The zero-order chi connectivity index (χ0) is 12.1. The molecule has 0 spiro atoms. The monoisotopic (exact) mass is 307 g/mol. The molecule has 0 atom stereocenters. The summed E-state index contributed by atoms with van der Waals surface area (Å²) in [5, 5.41) is 3.25. The smallest absolute Gasteiger partial charge is 0.302 e. The minimum Gasteiger partial charge on any atom is -0.464 e. The molecular weight excluding hydrogens is 297 g/mol. The van der Waals surface area contributed by atoms with Crippen molar-refractivity contribution in [3.8, 4) is 0 Å². The van der Waals surface area contributed by atoms with Crippen molar-refractivity contribution in [3.05, 3.63) is 15.3 Å². The molecule has 1 rings (SSSR count). The molecule has 0 bridgehead atoms. The second kappa shape index (κ2) is 6.00. The first-order valence-corrected chi connectivity index (χ1v) is 5.74. The fraction of sp³-hybridized carbons (Fsp3) is 0.444. The second-order valence-electron chi connectivity index (χ2n) is 3.00. The first-order chi connectivity index (χ1) is 7.50. The van der Waals surface area contributed by atoms with Crippen molar-refractivity contribution in [3.63, 3.8) is 0 Å². The first-order valence-electron chi connectivity index (χ1n) is 4.57. The van der Waals surface area contributed by atoms with E-state index in [0.29, 0.717) is 22.1 Å². The van der Waals surface area contributed by atoms with Crippen LogP contribution in [0.1, 0.15) is 12.6 Å². The SMILES string of the molecule is CC(=O)OCCNc1nc(C)c(Br)c(Cl)n1. The summed E-state index contributed by atoms with van der Waals surface area (Å²) in [5.41, 5.74) is 0.745. The van der Waals surface area contributed by atoms with Crippen molar-refractivity contribution >= 4 is 39.4 Å². The second-order valence-corrected chi connectivity index (χ2v) is 4.16. The fourth-order valence-corrected chi connectivity index (χ4v) is 1.36. The number of nitrogens with one attached hydrogen (secondary N) is 1. The summed E-state index contributed by atoms with van der Waals surface area (Å²) in [7, 11) is 0. The Kier molecular flexibility index (Phi) is 4.95. The zero-order valence-electron chi connectivity index (χ0n) is 8.88. The molecule has 1 aromatic rings. The maximum Gasteiger partial charge on any atom is 0.302 e. The van der Waals surface area contributed by atoms with Crippen LogP contribution in [0.5, 0.6) is 0 Å². The van der Waals surface area contributed by atoms with E-state index in [0.717, 1.165) is 5.69 Å². The molecule has 88 valence electrons. The molecule has 0 aliphatic rings. The summed E-state index contributed by atoms with van der Waals surface area (Å²) >= 11 is 9.12. The summed E-state index contributed by atoms with van der Waals surface area (Å²) in [4.78, 5) is 18.7. The number of esters is 1. The summed E-state index contributed by atoms with van der Waals surface area (Å²) in [6, 6.07) is 0. The number of aromatic nitrogens is 2. The molecule has 1 heterocycles. The number of ether oxygens (including phenoxy) is 1. The number of carbonyl (C=O) groups excluding carboxylic acids is 1. The van der Waals surface area contributed by atoms with Gasteiger partial charge < -0.3 is 10.1 Å². The van der Waals surface area contributed by atoms with Crippen molar-refractivity contribution in [2.45, 2.75) is 13.8 Å². The van der Waals surface area contributed by atoms with Gasteiger partial charge in [0.2, 0.25) is 5.95 Å². The molecule has 1 aromatic heterocycles. The number of hydrogen-bond donors (Lipinski definition) is 1. The Bertz CT molecular complexity index is 377. The summed E-state index contributed by atoms with van der Waals surface area (Å²) < 4.78 is 5.43. The van der Waals surface area contributed by atoms with Crippen LogP contribution in [0.4, 0.5) is 5.95 Å². The van der Waals surface area contributed by atoms with Crippen LogP contribution in [0.25, 0.3) is 0 Å². The predicted octanol–water partition coefficient (Wildman–Crippen LogP) is 2.18. The van der Waals surface area contributed by atoms with Crippen LogP contribution < -0.4 is 5.32 Å². The number of carbonyl (C=O) groups is 1. The van der Waals surface area contributed by atoms with Gasteiger partial charge in [-0.2, -0.15) is 4.98 Å². The van der Waals surface area contributed by atoms with Gasteiger partial charge >= 0.3 is 5.97 Å². The highest BCUT2D eigenvalue weighted by molar-refractivity contribution is 9.10. The maximum atomic E-state index is 10.5. The number of aryl methyl sites for hydroxylation is 1. The third kappa shape index (κ3) is 3.94. The molecule has 16 heavy (non-hydrogen) atoms. The van der Waals surface area contributed by atoms with E-state index >= 15 is 0 Å². The molecule has 5 nitrogen and oxygen atoms in total. The number of halogens is 2. The highest BCUT2D eigenvalue weighted by atomic mass is 79.9. The van der Waals surface area contributed by atoms with Gasteiger partial charge in [-0.15, -0.1) is 0 Å². The molecule has 0 aliphatic carbocycles. The van der Waals surface area contributed by atoms with Gasteiger partial charge in [0.25, 0.3) is 0 Å². The van der Waals surface area contributed by atoms with Gasteiger partial charge in [0.05, 0.1) is 16.7 Å². The van der Waals surface area contributed by atoms with E-state index in [4.69, 9.17) is 16.3 Å². The molecule has 0 saturated carbocycles. The quantitative estimate of drug-likeness (QED) is 0.525. The van der Waals surface area contributed by atoms with Crippen LogP contribution in [-0.4, -0.2) is 29.1 Å². The van der Waals surface area contributed by atoms with Crippen LogP contribution in [-0.2, 0) is 9.53 Å². The van der Waals surface area contributed by atoms with Crippen LogP contribution in [0.15, 0.2) is 4.47 Å². The number of hydrogen-bond acceptors (Lipinski definition) is 5. The van der Waals surface area contributed by atoms with Gasteiger partial charge in [0.1, 0.15) is 11.8 Å². The molecule has 0 amide bonds. The van der Waals surface area contributed by atoms with Gasteiger partial charge in [-0.25, -0.2) is 4.98 Å². The van der Waals surface area contributed by atoms with Gasteiger partial charge in [-0.3, -0.25) is 4.79 Å². The average Bonchev–Trinajstić information content (AvgIpc) is 2.20. The lowest BCUT2D eigenvalue weighted by molar-refractivity contribution is -0.140. The lowest BCUT2D eigenvalue weighted by atomic mass is 10.4. The van der Waals surface area contributed by atoms with Crippen LogP contribution >= 0.6 is 27.5 Å². The Balaban J connectivity index is 2.52. The van der Waals surface area contributed by atoms with Crippen LogP contribution in [0.2, 0.25) is 5.15 Å². The van der Waals surface area contributed by atoms with Crippen molar-refractivity contribution in [1.82, 2.24) is 9.97 Å². The highest BCUT2D eigenvalue weighted by Gasteiger charge is 2.06. The Morgan fingerprint density at radius 2 is 2.25 bits per heavy atom. The van der Waals surface area contributed by atoms with E-state index in [1.165, 1.54) is 6.92 Å². The minimum atomic E-state index is -0.312. The molecule has 0 aliphatic heterocycles. The van der Waals surface area contributed by atoms with Gasteiger partial charge in [-0.05, 0) is 22.9 Å². The molecular formula is C9H11BrClN3O2. The number of nitrogens with zero attached hydrogens (tertiary/aromatic N) is 2. The summed E-state index contributed by atoms with van der Waals surface area (Å²) in [5.74, 6) is 0.102. The normalized spacial score (nSPS) is 10.0. The van der Waals surface area contributed by atoms with Crippen molar-refractivity contribution in [1.29, 1.82) is 0 Å².